The molecule has 0 spiro atoms. The Balaban J connectivity index is 1.34. The zero-order valence-corrected chi connectivity index (χ0v) is 19.7. The first-order valence-electron chi connectivity index (χ1n) is 13.5. The van der Waals surface area contributed by atoms with Crippen molar-refractivity contribution < 1.29 is 4.39 Å². The lowest BCUT2D eigenvalue weighted by Crippen LogP contribution is -2.30. The number of benzene rings is 1. The average Bonchev–Trinajstić information content (AvgIpc) is 2.77. The lowest BCUT2D eigenvalue weighted by molar-refractivity contribution is 0.113. The van der Waals surface area contributed by atoms with Crippen molar-refractivity contribution in [2.24, 2.45) is 23.7 Å². The second-order valence-corrected chi connectivity index (χ2v) is 11.1. The highest BCUT2D eigenvalue weighted by Gasteiger charge is 2.36. The van der Waals surface area contributed by atoms with Gasteiger partial charge in [-0.25, -0.2) is 4.39 Å². The molecule has 0 bridgehead atoms. The van der Waals surface area contributed by atoms with Gasteiger partial charge >= 0.3 is 0 Å². The fraction of sp³-hybridized carbons (Fsp3) is 0.793. The topological polar surface area (TPSA) is 0 Å². The van der Waals surface area contributed by atoms with Crippen LogP contribution in [0.4, 0.5) is 4.39 Å². The van der Waals surface area contributed by atoms with Crippen LogP contribution in [0.25, 0.3) is 0 Å². The zero-order chi connectivity index (χ0) is 20.9. The van der Waals surface area contributed by atoms with Crippen LogP contribution in [-0.4, -0.2) is 0 Å². The molecule has 0 nitrogen and oxygen atoms in total. The minimum absolute atomic E-state index is 0.112. The van der Waals surface area contributed by atoms with E-state index in [2.05, 4.69) is 19.9 Å². The van der Waals surface area contributed by atoms with E-state index >= 15 is 4.39 Å². The molecular weight excluding hydrogens is 367 g/mol. The molecule has 168 valence electrons. The molecule has 30 heavy (non-hydrogen) atoms. The minimum Gasteiger partial charge on any atom is -0.207 e. The average molecular weight is 413 g/mol. The summed E-state index contributed by atoms with van der Waals surface area (Å²) >= 11 is 0. The maximum Gasteiger partial charge on any atom is 0.126 e. The molecule has 5 atom stereocenters. The van der Waals surface area contributed by atoms with Gasteiger partial charge < -0.3 is 0 Å². The summed E-state index contributed by atoms with van der Waals surface area (Å²) in [6.45, 7) is 4.56. The van der Waals surface area contributed by atoms with Gasteiger partial charge in [0, 0.05) is 0 Å². The van der Waals surface area contributed by atoms with Gasteiger partial charge in [-0.1, -0.05) is 71.3 Å². The van der Waals surface area contributed by atoms with Crippen molar-refractivity contribution in [2.75, 3.05) is 0 Å². The zero-order valence-electron chi connectivity index (χ0n) is 19.7. The Morgan fingerprint density at radius 3 is 2.47 bits per heavy atom. The minimum atomic E-state index is 0.112. The molecule has 2 fully saturated rings. The number of unbranched alkanes of at least 4 members (excludes halogenated alkanes) is 3. The summed E-state index contributed by atoms with van der Waals surface area (Å²) in [5.41, 5.74) is 3.73. The monoisotopic (exact) mass is 412 g/mol. The second-order valence-electron chi connectivity index (χ2n) is 11.1. The van der Waals surface area contributed by atoms with E-state index in [4.69, 9.17) is 0 Å². The molecule has 0 N–H and O–H groups in total. The van der Waals surface area contributed by atoms with Crippen molar-refractivity contribution in [3.05, 3.63) is 34.6 Å². The summed E-state index contributed by atoms with van der Waals surface area (Å²) < 4.78 is 15.1. The molecule has 4 rings (SSSR count). The van der Waals surface area contributed by atoms with Crippen molar-refractivity contribution in [1.29, 1.82) is 0 Å². The van der Waals surface area contributed by atoms with Gasteiger partial charge in [-0.2, -0.15) is 0 Å². The first-order chi connectivity index (χ1) is 14.7. The molecular formula is C29H45F. The maximum absolute atomic E-state index is 15.1. The fourth-order valence-electron chi connectivity index (χ4n) is 7.22. The molecule has 0 radical (unpaired) electrons. The van der Waals surface area contributed by atoms with Crippen molar-refractivity contribution in [3.8, 4) is 0 Å². The van der Waals surface area contributed by atoms with E-state index in [0.717, 1.165) is 36.2 Å². The largest absolute Gasteiger partial charge is 0.207 e. The number of aryl methyl sites for hydroxylation is 1. The van der Waals surface area contributed by atoms with Gasteiger partial charge in [0.2, 0.25) is 0 Å². The lowest BCUT2D eigenvalue weighted by Gasteiger charge is -2.42. The van der Waals surface area contributed by atoms with E-state index in [1.807, 2.05) is 6.07 Å². The van der Waals surface area contributed by atoms with E-state index in [-0.39, 0.29) is 5.82 Å². The predicted molar refractivity (Wildman–Crippen MR) is 126 cm³/mol. The lowest BCUT2D eigenvalue weighted by atomic mass is 9.63. The molecule has 0 aromatic heterocycles. The fourth-order valence-corrected chi connectivity index (χ4v) is 7.22. The highest BCUT2D eigenvalue weighted by Crippen LogP contribution is 2.49. The summed E-state index contributed by atoms with van der Waals surface area (Å²) in [6.07, 6.45) is 21.3. The first kappa shape index (κ1) is 22.3. The van der Waals surface area contributed by atoms with Crippen LogP contribution in [0.3, 0.4) is 0 Å². The van der Waals surface area contributed by atoms with Crippen LogP contribution in [0, 0.1) is 29.5 Å². The van der Waals surface area contributed by atoms with E-state index in [1.165, 1.54) is 101 Å². The summed E-state index contributed by atoms with van der Waals surface area (Å²) in [4.78, 5) is 0. The molecule has 0 amide bonds. The standard InChI is InChI=1S/C29H45F/c1-3-5-6-7-9-22-10-12-24-18-25(15-14-23(24)16-22)27-19-26-13-11-21(8-4-2)17-28(26)29(30)20-27/h19-25H,3-18H2,1-2H3. The Labute approximate surface area is 185 Å². The SMILES string of the molecule is CCCCCCC1CCC2CC(c3cc(F)c4c(c3)CCC(CCC)C4)CCC2C1. The molecule has 0 heterocycles. The van der Waals surface area contributed by atoms with Gasteiger partial charge in [0.1, 0.15) is 5.82 Å². The van der Waals surface area contributed by atoms with Crippen LogP contribution in [0.1, 0.15) is 126 Å². The summed E-state index contributed by atoms with van der Waals surface area (Å²) in [6, 6.07) is 4.36. The van der Waals surface area contributed by atoms with Gasteiger partial charge in [0.15, 0.2) is 0 Å². The van der Waals surface area contributed by atoms with Gasteiger partial charge in [-0.3, -0.25) is 0 Å². The smallest absolute Gasteiger partial charge is 0.126 e. The number of rotatable bonds is 8. The Morgan fingerprint density at radius 2 is 1.63 bits per heavy atom. The molecule has 3 aliphatic carbocycles. The predicted octanol–water partition coefficient (Wildman–Crippen LogP) is 9.00. The third-order valence-electron chi connectivity index (χ3n) is 8.98. The van der Waals surface area contributed by atoms with Crippen molar-refractivity contribution in [1.82, 2.24) is 0 Å². The maximum atomic E-state index is 15.1. The van der Waals surface area contributed by atoms with Gasteiger partial charge in [0.25, 0.3) is 0 Å². The third kappa shape index (κ3) is 5.31. The van der Waals surface area contributed by atoms with Crippen molar-refractivity contribution in [3.63, 3.8) is 0 Å². The number of hydrogen-bond acceptors (Lipinski definition) is 0. The number of fused-ring (bicyclic) bond motifs is 2. The van der Waals surface area contributed by atoms with Crippen LogP contribution in [-0.2, 0) is 12.8 Å². The number of hydrogen-bond donors (Lipinski definition) is 0. The molecule has 3 aliphatic rings. The van der Waals surface area contributed by atoms with Gasteiger partial charge in [-0.05, 0) is 104 Å². The molecule has 1 aromatic carbocycles. The van der Waals surface area contributed by atoms with Crippen LogP contribution in [0.5, 0.6) is 0 Å². The van der Waals surface area contributed by atoms with Crippen LogP contribution in [0.15, 0.2) is 12.1 Å². The summed E-state index contributed by atoms with van der Waals surface area (Å²) in [5, 5.41) is 0. The Kier molecular flexibility index (Phi) is 7.93. The van der Waals surface area contributed by atoms with E-state index in [0.29, 0.717) is 11.8 Å². The molecule has 1 heteroatoms. The quantitative estimate of drug-likeness (QED) is 0.374. The Bertz CT molecular complexity index is 677. The molecule has 0 saturated heterocycles. The Hall–Kier alpha value is -0.850. The van der Waals surface area contributed by atoms with E-state index in [1.54, 1.807) is 0 Å². The molecule has 1 aromatic rings. The molecule has 0 aliphatic heterocycles. The molecule has 5 unspecified atom stereocenters. The molecule has 2 saturated carbocycles. The highest BCUT2D eigenvalue weighted by atomic mass is 19.1. The van der Waals surface area contributed by atoms with Crippen molar-refractivity contribution in [2.45, 2.75) is 122 Å². The van der Waals surface area contributed by atoms with Crippen molar-refractivity contribution >= 4 is 0 Å². The Morgan fingerprint density at radius 1 is 0.800 bits per heavy atom. The summed E-state index contributed by atoms with van der Waals surface area (Å²) in [5.74, 6) is 4.29. The van der Waals surface area contributed by atoms with Gasteiger partial charge in [-0.15, -0.1) is 0 Å². The van der Waals surface area contributed by atoms with Gasteiger partial charge in [0.05, 0.1) is 0 Å². The summed E-state index contributed by atoms with van der Waals surface area (Å²) in [7, 11) is 0. The van der Waals surface area contributed by atoms with Crippen LogP contribution in [0.2, 0.25) is 0 Å². The second kappa shape index (κ2) is 10.6. The normalized spacial score (nSPS) is 31.2. The van der Waals surface area contributed by atoms with E-state index < -0.39 is 0 Å². The number of halogens is 1. The first-order valence-corrected chi connectivity index (χ1v) is 13.5. The van der Waals surface area contributed by atoms with E-state index in [9.17, 15) is 0 Å². The van der Waals surface area contributed by atoms with Crippen LogP contribution < -0.4 is 0 Å². The third-order valence-corrected chi connectivity index (χ3v) is 8.98. The van der Waals surface area contributed by atoms with Crippen LogP contribution >= 0.6 is 0 Å². The highest BCUT2D eigenvalue weighted by molar-refractivity contribution is 5.37.